The van der Waals surface area contributed by atoms with Gasteiger partial charge in [0.05, 0.1) is 0 Å². The van der Waals surface area contributed by atoms with E-state index in [-0.39, 0.29) is 0 Å². The minimum Gasteiger partial charge on any atom is -0.399 e. The quantitative estimate of drug-likeness (QED) is 0.148. The van der Waals surface area contributed by atoms with Gasteiger partial charge in [-0.1, -0.05) is 122 Å². The Morgan fingerprint density at radius 1 is 0.618 bits per heavy atom. The van der Waals surface area contributed by atoms with E-state index in [2.05, 4.69) is 60.9 Å². The first-order valence-electron chi connectivity index (χ1n) is 14.5. The van der Waals surface area contributed by atoms with Crippen LogP contribution in [0.15, 0.2) is 42.5 Å². The number of para-hydroxylation sites is 1. The number of anilines is 1. The third-order valence-corrected chi connectivity index (χ3v) is 7.67. The highest BCUT2D eigenvalue weighted by molar-refractivity contribution is 6.08. The van der Waals surface area contributed by atoms with Crippen molar-refractivity contribution in [1.82, 2.24) is 4.57 Å². The van der Waals surface area contributed by atoms with Crippen LogP contribution in [0, 0.1) is 5.92 Å². The predicted octanol–water partition coefficient (Wildman–Crippen LogP) is 10.3. The van der Waals surface area contributed by atoms with Gasteiger partial charge in [0.15, 0.2) is 0 Å². The zero-order chi connectivity index (χ0) is 24.0. The molecule has 188 valence electrons. The molecule has 0 amide bonds. The lowest BCUT2D eigenvalue weighted by atomic mass is 9.93. The molecule has 3 rings (SSSR count). The monoisotopic (exact) mass is 462 g/mol. The lowest BCUT2D eigenvalue weighted by Gasteiger charge is -2.20. The second-order valence-corrected chi connectivity index (χ2v) is 10.6. The fourth-order valence-corrected chi connectivity index (χ4v) is 5.63. The Morgan fingerprint density at radius 2 is 1.15 bits per heavy atom. The van der Waals surface area contributed by atoms with Gasteiger partial charge in [-0.05, 0) is 43.0 Å². The second kappa shape index (κ2) is 15.1. The van der Waals surface area contributed by atoms with E-state index in [1.54, 1.807) is 0 Å². The van der Waals surface area contributed by atoms with Gasteiger partial charge < -0.3 is 10.3 Å². The van der Waals surface area contributed by atoms with E-state index >= 15 is 0 Å². The summed E-state index contributed by atoms with van der Waals surface area (Å²) in [6.07, 6.45) is 22.3. The summed E-state index contributed by atoms with van der Waals surface area (Å²) < 4.78 is 2.59. The van der Waals surface area contributed by atoms with Gasteiger partial charge in [-0.3, -0.25) is 0 Å². The summed E-state index contributed by atoms with van der Waals surface area (Å²) in [6.45, 7) is 5.74. The third kappa shape index (κ3) is 8.07. The number of nitrogens with two attached hydrogens (primary N) is 1. The first-order valence-corrected chi connectivity index (χ1v) is 14.5. The van der Waals surface area contributed by atoms with Crippen molar-refractivity contribution >= 4 is 27.5 Å². The Bertz CT molecular complexity index is 954. The molecular weight excluding hydrogens is 412 g/mol. The van der Waals surface area contributed by atoms with Gasteiger partial charge in [-0.15, -0.1) is 0 Å². The Morgan fingerprint density at radius 3 is 1.76 bits per heavy atom. The standard InChI is InChI=1S/C32H50N2/c1-3-5-7-9-11-12-14-16-20-27(19-15-13-10-8-6-4-2)26-34-31-22-18-17-21-29(31)30-25-28(33)23-24-32(30)34/h17-18,21-25,27H,3-16,19-20,26,33H2,1-2H3. The minimum absolute atomic E-state index is 0.767. The summed E-state index contributed by atoms with van der Waals surface area (Å²) in [5, 5.41) is 2.65. The summed E-state index contributed by atoms with van der Waals surface area (Å²) in [5.41, 5.74) is 9.74. The molecule has 3 aromatic rings. The lowest BCUT2D eigenvalue weighted by Crippen LogP contribution is -2.11. The highest BCUT2D eigenvalue weighted by atomic mass is 15.0. The van der Waals surface area contributed by atoms with Crippen LogP contribution in [-0.4, -0.2) is 4.57 Å². The fourth-order valence-electron chi connectivity index (χ4n) is 5.63. The summed E-state index contributed by atoms with van der Waals surface area (Å²) in [5.74, 6) is 0.767. The largest absolute Gasteiger partial charge is 0.399 e. The molecule has 0 aliphatic carbocycles. The van der Waals surface area contributed by atoms with Crippen molar-refractivity contribution in [2.24, 2.45) is 5.92 Å². The Hall–Kier alpha value is -1.96. The maximum absolute atomic E-state index is 6.16. The number of rotatable bonds is 18. The summed E-state index contributed by atoms with van der Waals surface area (Å²) in [4.78, 5) is 0. The molecule has 0 radical (unpaired) electrons. The number of fused-ring (bicyclic) bond motifs is 3. The molecule has 1 aromatic heterocycles. The fraction of sp³-hybridized carbons (Fsp3) is 0.625. The van der Waals surface area contributed by atoms with E-state index < -0.39 is 0 Å². The van der Waals surface area contributed by atoms with Crippen LogP contribution >= 0.6 is 0 Å². The van der Waals surface area contributed by atoms with Crippen molar-refractivity contribution in [1.29, 1.82) is 0 Å². The van der Waals surface area contributed by atoms with Crippen LogP contribution in [0.2, 0.25) is 0 Å². The first kappa shape index (κ1) is 26.6. The molecule has 0 saturated carbocycles. The zero-order valence-corrected chi connectivity index (χ0v) is 22.2. The van der Waals surface area contributed by atoms with Gasteiger partial charge in [0.25, 0.3) is 0 Å². The molecule has 2 N–H and O–H groups in total. The predicted molar refractivity (Wildman–Crippen MR) is 153 cm³/mol. The average Bonchev–Trinajstić information content (AvgIpc) is 3.15. The maximum Gasteiger partial charge on any atom is 0.0492 e. The van der Waals surface area contributed by atoms with Crippen LogP contribution in [-0.2, 0) is 6.54 Å². The molecule has 2 aromatic carbocycles. The van der Waals surface area contributed by atoms with E-state index in [0.29, 0.717) is 0 Å². The summed E-state index contributed by atoms with van der Waals surface area (Å²) in [6, 6.07) is 15.4. The van der Waals surface area contributed by atoms with E-state index in [4.69, 9.17) is 5.73 Å². The van der Waals surface area contributed by atoms with Gasteiger partial charge in [-0.2, -0.15) is 0 Å². The Labute approximate surface area is 209 Å². The van der Waals surface area contributed by atoms with Gasteiger partial charge in [0, 0.05) is 34.0 Å². The van der Waals surface area contributed by atoms with Crippen LogP contribution in [0.3, 0.4) is 0 Å². The van der Waals surface area contributed by atoms with Crippen molar-refractivity contribution in [3.8, 4) is 0 Å². The molecule has 0 spiro atoms. The highest BCUT2D eigenvalue weighted by Crippen LogP contribution is 2.32. The van der Waals surface area contributed by atoms with Gasteiger partial charge >= 0.3 is 0 Å². The number of nitrogen functional groups attached to an aromatic ring is 1. The van der Waals surface area contributed by atoms with Crippen LogP contribution in [0.1, 0.15) is 117 Å². The number of aromatic nitrogens is 1. The molecule has 1 unspecified atom stereocenters. The molecule has 2 nitrogen and oxygen atoms in total. The molecule has 34 heavy (non-hydrogen) atoms. The Kier molecular flexibility index (Phi) is 11.8. The molecule has 0 bridgehead atoms. The first-order chi connectivity index (χ1) is 16.7. The van der Waals surface area contributed by atoms with Gasteiger partial charge in [0.2, 0.25) is 0 Å². The van der Waals surface area contributed by atoms with Crippen LogP contribution in [0.5, 0.6) is 0 Å². The molecule has 0 aliphatic heterocycles. The average molecular weight is 463 g/mol. The maximum atomic E-state index is 6.16. The number of hydrogen-bond acceptors (Lipinski definition) is 1. The van der Waals surface area contributed by atoms with Gasteiger partial charge in [0.1, 0.15) is 0 Å². The topological polar surface area (TPSA) is 30.9 Å². The summed E-state index contributed by atoms with van der Waals surface area (Å²) >= 11 is 0. The molecule has 0 saturated heterocycles. The molecular formula is C32H50N2. The third-order valence-electron chi connectivity index (χ3n) is 7.67. The van der Waals surface area contributed by atoms with Crippen LogP contribution < -0.4 is 5.73 Å². The normalized spacial score (nSPS) is 12.6. The lowest BCUT2D eigenvalue weighted by molar-refractivity contribution is 0.364. The molecule has 1 heterocycles. The van der Waals surface area contributed by atoms with E-state index in [1.165, 1.54) is 125 Å². The molecule has 1 atom stereocenters. The molecule has 0 fully saturated rings. The van der Waals surface area contributed by atoms with Crippen molar-refractivity contribution in [2.75, 3.05) is 5.73 Å². The van der Waals surface area contributed by atoms with Crippen molar-refractivity contribution < 1.29 is 0 Å². The van der Waals surface area contributed by atoms with Crippen molar-refractivity contribution in [3.05, 3.63) is 42.5 Å². The summed E-state index contributed by atoms with van der Waals surface area (Å²) in [7, 11) is 0. The SMILES string of the molecule is CCCCCCCCCCC(CCCCCCCC)Cn1c2ccccc2c2cc(N)ccc21. The number of hydrogen-bond donors (Lipinski definition) is 1. The Balaban J connectivity index is 1.63. The van der Waals surface area contributed by atoms with Crippen LogP contribution in [0.4, 0.5) is 5.69 Å². The molecule has 0 aliphatic rings. The zero-order valence-electron chi connectivity index (χ0n) is 22.2. The number of benzene rings is 2. The van der Waals surface area contributed by atoms with E-state index in [0.717, 1.165) is 18.2 Å². The molecule has 2 heteroatoms. The van der Waals surface area contributed by atoms with Crippen molar-refractivity contribution in [3.63, 3.8) is 0 Å². The highest BCUT2D eigenvalue weighted by Gasteiger charge is 2.15. The van der Waals surface area contributed by atoms with Crippen LogP contribution in [0.25, 0.3) is 21.8 Å². The number of nitrogens with zero attached hydrogens (tertiary/aromatic N) is 1. The smallest absolute Gasteiger partial charge is 0.0492 e. The minimum atomic E-state index is 0.767. The van der Waals surface area contributed by atoms with Crippen molar-refractivity contribution in [2.45, 2.75) is 123 Å². The van der Waals surface area contributed by atoms with E-state index in [9.17, 15) is 0 Å². The number of unbranched alkanes of at least 4 members (excludes halogenated alkanes) is 12. The second-order valence-electron chi connectivity index (χ2n) is 10.6. The van der Waals surface area contributed by atoms with Gasteiger partial charge in [-0.25, -0.2) is 0 Å². The van der Waals surface area contributed by atoms with E-state index in [1.807, 2.05) is 0 Å².